The summed E-state index contributed by atoms with van der Waals surface area (Å²) in [6.45, 7) is 16.0. The predicted octanol–water partition coefficient (Wildman–Crippen LogP) is 4.23. The molecule has 1 rings (SSSR count). The molecular weight excluding hydrogens is 250 g/mol. The minimum Gasteiger partial charge on any atom is -0.0811 e. The average molecular weight is 275 g/mol. The van der Waals surface area contributed by atoms with Crippen LogP contribution in [0.25, 0.3) is 0 Å². The third-order valence-electron chi connectivity index (χ3n) is 3.41. The maximum Gasteiger partial charge on any atom is 0 e. The van der Waals surface area contributed by atoms with E-state index in [2.05, 4.69) is 47.9 Å². The number of hydrogen-bond acceptors (Lipinski definition) is 0. The van der Waals surface area contributed by atoms with Gasteiger partial charge in [-0.3, -0.25) is 0 Å². The van der Waals surface area contributed by atoms with Crippen LogP contribution in [0.1, 0.15) is 35.2 Å². The van der Waals surface area contributed by atoms with Gasteiger partial charge in [-0.15, -0.1) is 0 Å². The van der Waals surface area contributed by atoms with Crippen LogP contribution in [0.15, 0.2) is 0 Å². The van der Waals surface area contributed by atoms with Gasteiger partial charge in [-0.1, -0.05) is 15.3 Å². The number of hydrogen-bond donors (Lipinski definition) is 0. The van der Waals surface area contributed by atoms with Crippen molar-refractivity contribution >= 4 is 13.2 Å². The average Bonchev–Trinajstić information content (AvgIpc) is 2.11. The first-order valence-electron chi connectivity index (χ1n) is 5.12. The summed E-state index contributed by atoms with van der Waals surface area (Å²) in [5.41, 5.74) is 7.47. The van der Waals surface area contributed by atoms with Gasteiger partial charge in [-0.25, -0.2) is 0 Å². The molecule has 0 aliphatic heterocycles. The zero-order valence-electron chi connectivity index (χ0n) is 10.9. The molecule has 2 heteroatoms. The van der Waals surface area contributed by atoms with Gasteiger partial charge < -0.3 is 0 Å². The smallest absolute Gasteiger partial charge is 0 e. The van der Waals surface area contributed by atoms with Gasteiger partial charge in [0.1, 0.15) is 0 Å². The van der Waals surface area contributed by atoms with Crippen LogP contribution in [-0.2, 0) is 18.6 Å². The Morgan fingerprint density at radius 3 is 1.12 bits per heavy atom. The fourth-order valence-corrected chi connectivity index (χ4v) is 3.83. The van der Waals surface area contributed by atoms with Gasteiger partial charge in [0.25, 0.3) is 0 Å². The molecule has 1 aromatic carbocycles. The van der Waals surface area contributed by atoms with E-state index in [1.54, 1.807) is 5.30 Å². The van der Waals surface area contributed by atoms with E-state index in [4.69, 9.17) is 0 Å². The summed E-state index contributed by atoms with van der Waals surface area (Å²) in [5, 5.41) is 1.61. The van der Waals surface area contributed by atoms with Crippen LogP contribution in [0.4, 0.5) is 0 Å². The van der Waals surface area contributed by atoms with Crippen molar-refractivity contribution in [3.63, 3.8) is 0 Å². The summed E-state index contributed by atoms with van der Waals surface area (Å²) in [7, 11) is 0.0180. The Morgan fingerprint density at radius 1 is 0.625 bits per heavy atom. The molecule has 0 atom stereocenters. The quantitative estimate of drug-likeness (QED) is 0.673. The molecule has 0 aromatic heterocycles. The van der Waals surface area contributed by atoms with Crippen molar-refractivity contribution in [3.05, 3.63) is 27.8 Å². The van der Waals surface area contributed by atoms with Crippen LogP contribution in [0.2, 0.25) is 0 Å². The topological polar surface area (TPSA) is 0 Å². The van der Waals surface area contributed by atoms with Crippen LogP contribution < -0.4 is 5.30 Å². The minimum atomic E-state index is 0. The third-order valence-corrected chi connectivity index (χ3v) is 4.97. The van der Waals surface area contributed by atoms with Gasteiger partial charge in [0.05, 0.1) is 0 Å². The zero-order valence-corrected chi connectivity index (χ0v) is 13.2. The van der Waals surface area contributed by atoms with E-state index in [1.807, 2.05) is 0 Å². The molecule has 0 bridgehead atoms. The maximum absolute atomic E-state index is 2.35. The fourth-order valence-electron chi connectivity index (χ4n) is 2.15. The molecule has 1 aromatic rings. The van der Waals surface area contributed by atoms with E-state index in [1.165, 1.54) is 27.8 Å². The Morgan fingerprint density at radius 2 is 0.875 bits per heavy atom. The van der Waals surface area contributed by atoms with Crippen LogP contribution >= 0.6 is 7.92 Å². The molecule has 0 saturated carbocycles. The van der Waals surface area contributed by atoms with Gasteiger partial charge >= 0.3 is 0 Å². The first kappa shape index (κ1) is 18.6. The van der Waals surface area contributed by atoms with Crippen molar-refractivity contribution < 1.29 is 18.6 Å². The molecule has 0 fully saturated rings. The summed E-state index contributed by atoms with van der Waals surface area (Å²) < 4.78 is 0. The molecule has 0 heterocycles. The molecule has 0 spiro atoms. The van der Waals surface area contributed by atoms with Crippen molar-refractivity contribution in [1.82, 2.24) is 0 Å². The fraction of sp³-hybridized carbons (Fsp3) is 0.571. The Labute approximate surface area is 115 Å². The SMILES string of the molecule is C.Cc1c(C)c(C)c(P(C)C)c(C)c1C.[V]. The van der Waals surface area contributed by atoms with Gasteiger partial charge in [-0.2, -0.15) is 0 Å². The maximum atomic E-state index is 2.35. The molecule has 0 nitrogen and oxygen atoms in total. The number of benzene rings is 1. The zero-order chi connectivity index (χ0) is 11.0. The summed E-state index contributed by atoms with van der Waals surface area (Å²) in [6.07, 6.45) is 0. The Bertz CT molecular complexity index is 338. The second-order valence-corrected chi connectivity index (χ2v) is 6.60. The Balaban J connectivity index is 0. The second-order valence-electron chi connectivity index (χ2n) is 4.37. The van der Waals surface area contributed by atoms with Gasteiger partial charge in [0, 0.05) is 18.6 Å². The summed E-state index contributed by atoms with van der Waals surface area (Å²) in [5.74, 6) is 0. The third kappa shape index (κ3) is 3.13. The van der Waals surface area contributed by atoms with Crippen molar-refractivity contribution in [2.75, 3.05) is 13.3 Å². The molecule has 1 radical (unpaired) electrons. The van der Waals surface area contributed by atoms with Gasteiger partial charge in [0.2, 0.25) is 0 Å². The molecule has 0 unspecified atom stereocenters. The van der Waals surface area contributed by atoms with E-state index < -0.39 is 0 Å². The van der Waals surface area contributed by atoms with Crippen LogP contribution in [0.3, 0.4) is 0 Å². The minimum absolute atomic E-state index is 0. The molecule has 16 heavy (non-hydrogen) atoms. The van der Waals surface area contributed by atoms with E-state index >= 15 is 0 Å². The first-order valence-corrected chi connectivity index (χ1v) is 7.35. The summed E-state index contributed by atoms with van der Waals surface area (Å²) in [4.78, 5) is 0. The standard InChI is InChI=1S/C13H21P.CH4.V/c1-8-9(2)11(4)13(14(6)7)12(5)10(8)3;;/h1-7H3;1H4;. The first-order chi connectivity index (χ1) is 6.37. The molecule has 0 aliphatic rings. The Hall–Kier alpha value is 0.234. The normalized spacial score (nSPS) is 9.75. The predicted molar refractivity (Wildman–Crippen MR) is 75.3 cm³/mol. The van der Waals surface area contributed by atoms with Crippen molar-refractivity contribution in [3.8, 4) is 0 Å². The Kier molecular flexibility index (Phi) is 7.96. The number of rotatable bonds is 1. The van der Waals surface area contributed by atoms with E-state index in [-0.39, 0.29) is 33.9 Å². The van der Waals surface area contributed by atoms with Gasteiger partial charge in [0.15, 0.2) is 0 Å². The molecular formula is C14H25PV. The van der Waals surface area contributed by atoms with Gasteiger partial charge in [-0.05, 0) is 81.1 Å². The summed E-state index contributed by atoms with van der Waals surface area (Å²) in [6, 6.07) is 0. The largest absolute Gasteiger partial charge is 0.0811 e. The van der Waals surface area contributed by atoms with Crippen molar-refractivity contribution in [2.45, 2.75) is 42.0 Å². The van der Waals surface area contributed by atoms with Crippen LogP contribution in [-0.4, -0.2) is 13.3 Å². The van der Waals surface area contributed by atoms with Crippen molar-refractivity contribution in [2.24, 2.45) is 0 Å². The van der Waals surface area contributed by atoms with E-state index in [9.17, 15) is 0 Å². The van der Waals surface area contributed by atoms with Crippen LogP contribution in [0, 0.1) is 34.6 Å². The monoisotopic (exact) mass is 275 g/mol. The van der Waals surface area contributed by atoms with E-state index in [0.29, 0.717) is 0 Å². The molecule has 0 N–H and O–H groups in total. The van der Waals surface area contributed by atoms with E-state index in [0.717, 1.165) is 0 Å². The summed E-state index contributed by atoms with van der Waals surface area (Å²) >= 11 is 0. The second kappa shape index (κ2) is 6.85. The molecule has 0 amide bonds. The van der Waals surface area contributed by atoms with Crippen LogP contribution in [0.5, 0.6) is 0 Å². The molecule has 0 aliphatic carbocycles. The molecule has 0 saturated heterocycles. The van der Waals surface area contributed by atoms with Crippen molar-refractivity contribution in [1.29, 1.82) is 0 Å². The molecule has 91 valence electrons.